The van der Waals surface area contributed by atoms with Crippen molar-refractivity contribution in [2.45, 2.75) is 30.5 Å². The molecular formula is C12H12Cl2N2. The molecule has 0 amide bonds. The number of hydrogen-bond acceptors (Lipinski definition) is 1. The molecule has 2 nitrogen and oxygen atoms in total. The van der Waals surface area contributed by atoms with E-state index in [1.165, 1.54) is 18.4 Å². The van der Waals surface area contributed by atoms with Gasteiger partial charge >= 0.3 is 0 Å². The summed E-state index contributed by atoms with van der Waals surface area (Å²) >= 11 is 11.8. The van der Waals surface area contributed by atoms with Crippen LogP contribution in [0.15, 0.2) is 18.5 Å². The number of fused-ring (bicyclic) bond motifs is 1. The van der Waals surface area contributed by atoms with E-state index in [0.29, 0.717) is 11.8 Å². The van der Waals surface area contributed by atoms with E-state index in [2.05, 4.69) is 21.6 Å². The van der Waals surface area contributed by atoms with Gasteiger partial charge in [-0.3, -0.25) is 0 Å². The Morgan fingerprint density at radius 2 is 2.06 bits per heavy atom. The lowest BCUT2D eigenvalue weighted by molar-refractivity contribution is 1.04. The summed E-state index contributed by atoms with van der Waals surface area (Å²) in [4.78, 5) is 4.47. The van der Waals surface area contributed by atoms with Crippen molar-refractivity contribution in [1.29, 1.82) is 0 Å². The Bertz CT molecular complexity index is 529. The van der Waals surface area contributed by atoms with E-state index in [9.17, 15) is 0 Å². The van der Waals surface area contributed by atoms with Crippen LogP contribution in [0.3, 0.4) is 0 Å². The lowest BCUT2D eigenvalue weighted by Gasteiger charge is -2.04. The van der Waals surface area contributed by atoms with Gasteiger partial charge in [-0.15, -0.1) is 23.2 Å². The first-order valence-electron chi connectivity index (χ1n) is 5.44. The van der Waals surface area contributed by atoms with Gasteiger partial charge in [0.05, 0.1) is 17.5 Å². The largest absolute Gasteiger partial charge is 0.306 e. The van der Waals surface area contributed by atoms with Crippen molar-refractivity contribution in [2.75, 3.05) is 0 Å². The van der Waals surface area contributed by atoms with Gasteiger partial charge in [-0.05, 0) is 30.4 Å². The summed E-state index contributed by atoms with van der Waals surface area (Å²) in [6.45, 7) is 0. The van der Waals surface area contributed by atoms with Gasteiger partial charge in [0.1, 0.15) is 5.65 Å². The number of rotatable bonds is 3. The van der Waals surface area contributed by atoms with Gasteiger partial charge in [0, 0.05) is 18.0 Å². The van der Waals surface area contributed by atoms with Gasteiger partial charge in [0.15, 0.2) is 0 Å². The van der Waals surface area contributed by atoms with E-state index < -0.39 is 0 Å². The van der Waals surface area contributed by atoms with Crippen molar-refractivity contribution in [3.05, 3.63) is 35.3 Å². The molecule has 0 atom stereocenters. The minimum atomic E-state index is 0.447. The molecule has 4 heteroatoms. The van der Waals surface area contributed by atoms with Crippen molar-refractivity contribution in [1.82, 2.24) is 9.38 Å². The molecule has 2 aromatic heterocycles. The smallest absolute Gasteiger partial charge is 0.141 e. The molecule has 1 saturated carbocycles. The van der Waals surface area contributed by atoms with E-state index in [-0.39, 0.29) is 0 Å². The zero-order valence-electron chi connectivity index (χ0n) is 8.79. The van der Waals surface area contributed by atoms with Crippen LogP contribution in [0.25, 0.3) is 5.65 Å². The number of halogens is 2. The summed E-state index contributed by atoms with van der Waals surface area (Å²) in [6, 6.07) is 2.19. The lowest BCUT2D eigenvalue weighted by Crippen LogP contribution is -1.93. The molecule has 0 saturated heterocycles. The Balaban J connectivity index is 2.19. The Hall–Kier alpha value is -0.730. The van der Waals surface area contributed by atoms with Crippen LogP contribution in [-0.4, -0.2) is 9.38 Å². The van der Waals surface area contributed by atoms with E-state index >= 15 is 0 Å². The van der Waals surface area contributed by atoms with Gasteiger partial charge in [-0.2, -0.15) is 0 Å². The zero-order valence-corrected chi connectivity index (χ0v) is 10.3. The SMILES string of the molecule is ClCc1cn2cc(C3CC3)cc(CCl)c2n1. The summed E-state index contributed by atoms with van der Waals surface area (Å²) in [5.41, 5.74) is 4.32. The third-order valence-electron chi connectivity index (χ3n) is 3.03. The van der Waals surface area contributed by atoms with E-state index in [4.69, 9.17) is 23.2 Å². The maximum atomic E-state index is 5.97. The van der Waals surface area contributed by atoms with Crippen molar-refractivity contribution in [2.24, 2.45) is 0 Å². The van der Waals surface area contributed by atoms with Crippen LogP contribution in [0.4, 0.5) is 0 Å². The molecule has 2 aromatic rings. The standard InChI is InChI=1S/C12H12Cl2N2/c13-4-9-3-10(8-1-2-8)6-16-7-11(5-14)15-12(9)16/h3,6-8H,1-2,4-5H2. The molecule has 0 spiro atoms. The highest BCUT2D eigenvalue weighted by molar-refractivity contribution is 6.17. The van der Waals surface area contributed by atoms with Crippen LogP contribution in [0.1, 0.15) is 35.6 Å². The van der Waals surface area contributed by atoms with Crippen LogP contribution in [0.5, 0.6) is 0 Å². The molecule has 3 rings (SSSR count). The number of aromatic nitrogens is 2. The van der Waals surface area contributed by atoms with Crippen LogP contribution in [0, 0.1) is 0 Å². The van der Waals surface area contributed by atoms with Crippen molar-refractivity contribution in [3.63, 3.8) is 0 Å². The summed E-state index contributed by atoms with van der Waals surface area (Å²) in [6.07, 6.45) is 6.74. The highest BCUT2D eigenvalue weighted by atomic mass is 35.5. The summed E-state index contributed by atoms with van der Waals surface area (Å²) in [5.74, 6) is 1.68. The highest BCUT2D eigenvalue weighted by Crippen LogP contribution is 2.40. The fraction of sp³-hybridized carbons (Fsp3) is 0.417. The molecule has 0 bridgehead atoms. The molecule has 0 aromatic carbocycles. The predicted octanol–water partition coefficient (Wildman–Crippen LogP) is 3.69. The molecule has 0 N–H and O–H groups in total. The second-order valence-corrected chi connectivity index (χ2v) is 4.84. The second kappa shape index (κ2) is 3.94. The number of nitrogens with zero attached hydrogens (tertiary/aromatic N) is 2. The Labute approximate surface area is 104 Å². The minimum absolute atomic E-state index is 0.447. The molecule has 84 valence electrons. The van der Waals surface area contributed by atoms with E-state index in [1.54, 1.807) is 0 Å². The fourth-order valence-corrected chi connectivity index (χ4v) is 2.37. The fourth-order valence-electron chi connectivity index (χ4n) is 2.05. The van der Waals surface area contributed by atoms with Crippen LogP contribution >= 0.6 is 23.2 Å². The van der Waals surface area contributed by atoms with E-state index in [1.807, 2.05) is 6.20 Å². The monoisotopic (exact) mass is 254 g/mol. The third-order valence-corrected chi connectivity index (χ3v) is 3.59. The van der Waals surface area contributed by atoms with Gasteiger partial charge < -0.3 is 4.40 Å². The average molecular weight is 255 g/mol. The second-order valence-electron chi connectivity index (χ2n) is 4.30. The molecule has 0 unspecified atom stereocenters. The Kier molecular flexibility index (Phi) is 2.56. The first-order chi connectivity index (χ1) is 7.81. The minimum Gasteiger partial charge on any atom is -0.306 e. The Morgan fingerprint density at radius 3 is 2.69 bits per heavy atom. The van der Waals surface area contributed by atoms with E-state index in [0.717, 1.165) is 22.8 Å². The molecule has 0 radical (unpaired) electrons. The number of pyridine rings is 1. The summed E-state index contributed by atoms with van der Waals surface area (Å²) < 4.78 is 2.06. The van der Waals surface area contributed by atoms with Crippen molar-refractivity contribution >= 4 is 28.8 Å². The number of imidazole rings is 1. The average Bonchev–Trinajstić information content (AvgIpc) is 3.07. The molecule has 1 aliphatic rings. The van der Waals surface area contributed by atoms with Crippen LogP contribution < -0.4 is 0 Å². The molecule has 1 aliphatic carbocycles. The topological polar surface area (TPSA) is 17.3 Å². The van der Waals surface area contributed by atoms with Crippen molar-refractivity contribution < 1.29 is 0 Å². The number of alkyl halides is 2. The predicted molar refractivity (Wildman–Crippen MR) is 66.3 cm³/mol. The summed E-state index contributed by atoms with van der Waals surface area (Å²) in [5, 5.41) is 0. The molecular weight excluding hydrogens is 243 g/mol. The first kappa shape index (κ1) is 10.4. The first-order valence-corrected chi connectivity index (χ1v) is 6.51. The van der Waals surface area contributed by atoms with Gasteiger partial charge in [-0.25, -0.2) is 4.98 Å². The normalized spacial score (nSPS) is 15.9. The molecule has 2 heterocycles. The van der Waals surface area contributed by atoms with Crippen LogP contribution in [0.2, 0.25) is 0 Å². The summed E-state index contributed by atoms with van der Waals surface area (Å²) in [7, 11) is 0. The van der Waals surface area contributed by atoms with Gasteiger partial charge in [0.2, 0.25) is 0 Å². The Morgan fingerprint density at radius 1 is 1.25 bits per heavy atom. The zero-order chi connectivity index (χ0) is 11.1. The third kappa shape index (κ3) is 1.70. The molecule has 16 heavy (non-hydrogen) atoms. The quantitative estimate of drug-likeness (QED) is 0.764. The highest BCUT2D eigenvalue weighted by Gasteiger charge is 2.24. The van der Waals surface area contributed by atoms with Crippen molar-refractivity contribution in [3.8, 4) is 0 Å². The van der Waals surface area contributed by atoms with Gasteiger partial charge in [-0.1, -0.05) is 0 Å². The molecule has 1 fully saturated rings. The lowest BCUT2D eigenvalue weighted by atomic mass is 10.1. The van der Waals surface area contributed by atoms with Gasteiger partial charge in [0.25, 0.3) is 0 Å². The molecule has 0 aliphatic heterocycles. The number of hydrogen-bond donors (Lipinski definition) is 0. The van der Waals surface area contributed by atoms with Crippen LogP contribution in [-0.2, 0) is 11.8 Å². The maximum Gasteiger partial charge on any atom is 0.141 e. The maximum absolute atomic E-state index is 5.97.